The summed E-state index contributed by atoms with van der Waals surface area (Å²) in [5.41, 5.74) is 0. The van der Waals surface area contributed by atoms with Gasteiger partial charge in [-0.2, -0.15) is 0 Å². The molecule has 0 amide bonds. The minimum Gasteiger partial charge on any atom is -0.463 e. The molecule has 0 heterocycles. The van der Waals surface area contributed by atoms with Crippen molar-refractivity contribution in [2.45, 2.75) is 399 Å². The first-order valence-corrected chi connectivity index (χ1v) is 49.4. The molecule has 0 spiro atoms. The van der Waals surface area contributed by atoms with Crippen LogP contribution in [0.4, 0.5) is 0 Å². The number of unbranched alkanes of at least 4 members (excludes halogenated alkanes) is 36. The number of hydrogen-bond donors (Lipinski definition) is 4. The molecular formula is C99H168O16P2. The van der Waals surface area contributed by atoms with Crippen molar-refractivity contribution in [3.63, 3.8) is 0 Å². The molecule has 0 aliphatic carbocycles. The van der Waals surface area contributed by atoms with E-state index in [1.807, 2.05) is 0 Å². The smallest absolute Gasteiger partial charge is 0.463 e. The van der Waals surface area contributed by atoms with Crippen molar-refractivity contribution in [3.8, 4) is 0 Å². The highest BCUT2D eigenvalue weighted by Gasteiger charge is 2.29. The molecule has 0 aromatic heterocycles. The van der Waals surface area contributed by atoms with Crippen molar-refractivity contribution in [3.05, 3.63) is 170 Å². The van der Waals surface area contributed by atoms with Crippen LogP contribution in [0.25, 0.3) is 0 Å². The van der Waals surface area contributed by atoms with Crippen LogP contribution in [0.15, 0.2) is 170 Å². The topological polar surface area (TPSA) is 231 Å². The minimum atomic E-state index is -4.95. The van der Waals surface area contributed by atoms with Gasteiger partial charge in [0.1, 0.15) is 25.4 Å². The van der Waals surface area contributed by atoms with Crippen LogP contribution in [-0.4, -0.2) is 95.9 Å². The number of phosphoric acid groups is 2. The maximum atomic E-state index is 13.1. The van der Waals surface area contributed by atoms with Gasteiger partial charge in [-0.05, 0) is 154 Å². The van der Waals surface area contributed by atoms with Gasteiger partial charge in [-0.25, -0.2) is 9.13 Å². The number of allylic oxidation sites excluding steroid dienone is 28. The van der Waals surface area contributed by atoms with Crippen LogP contribution in [0.2, 0.25) is 0 Å². The highest BCUT2D eigenvalue weighted by Crippen LogP contribution is 2.45. The zero-order valence-corrected chi connectivity index (χ0v) is 75.6. The van der Waals surface area contributed by atoms with Crippen molar-refractivity contribution < 1.29 is 75.8 Å². The van der Waals surface area contributed by atoms with Crippen molar-refractivity contribution in [2.75, 3.05) is 39.6 Å². The maximum absolute atomic E-state index is 13.1. The number of ether oxygens (including phenoxy) is 3. The summed E-state index contributed by atoms with van der Waals surface area (Å²) in [6.45, 7) is 2.46. The summed E-state index contributed by atoms with van der Waals surface area (Å²) in [5.74, 6) is -1.58. The van der Waals surface area contributed by atoms with Crippen LogP contribution in [0.3, 0.4) is 0 Å². The Morgan fingerprint density at radius 3 is 0.718 bits per heavy atom. The van der Waals surface area contributed by atoms with Crippen LogP contribution in [0.5, 0.6) is 0 Å². The van der Waals surface area contributed by atoms with E-state index in [0.29, 0.717) is 19.3 Å². The Hall–Kier alpha value is -5.09. The van der Waals surface area contributed by atoms with E-state index < -0.39 is 91.5 Å². The zero-order valence-electron chi connectivity index (χ0n) is 73.8. The lowest BCUT2D eigenvalue weighted by molar-refractivity contribution is -0.161. The van der Waals surface area contributed by atoms with E-state index in [9.17, 15) is 43.5 Å². The summed E-state index contributed by atoms with van der Waals surface area (Å²) in [6, 6.07) is 0. The van der Waals surface area contributed by atoms with Crippen LogP contribution in [0.1, 0.15) is 380 Å². The van der Waals surface area contributed by atoms with Gasteiger partial charge in [0, 0.05) is 19.3 Å². The lowest BCUT2D eigenvalue weighted by atomic mass is 10.0. The van der Waals surface area contributed by atoms with Gasteiger partial charge in [-0.15, -0.1) is 0 Å². The summed E-state index contributed by atoms with van der Waals surface area (Å²) >= 11 is 0. The maximum Gasteiger partial charge on any atom is 0.472 e. The van der Waals surface area contributed by atoms with Crippen molar-refractivity contribution in [2.24, 2.45) is 0 Å². The largest absolute Gasteiger partial charge is 0.472 e. The van der Waals surface area contributed by atoms with Crippen LogP contribution >= 0.6 is 15.6 Å². The molecule has 0 radical (unpaired) electrons. The SMILES string of the molecule is CC/C=C\C/C=C\C/C=C\C/C=C\C/C=C\CCCCCCCCCCCCCC(=O)OCC(O)COP(=O)(O)OCC(O)COP(=O)(O)OCC(COC(=O)CCCCCCCCCCCCC/C=C\C/C=C\C/C=C\C/C=C\C/C=C\CC)OC(=O)CCCCCCCCCCCCC/C=C\C/C=C\C/C=C\C/C=C\CCCCC. The van der Waals surface area contributed by atoms with Gasteiger partial charge in [0.15, 0.2) is 6.10 Å². The lowest BCUT2D eigenvalue weighted by Gasteiger charge is -2.21. The van der Waals surface area contributed by atoms with E-state index in [0.717, 1.165) is 173 Å². The van der Waals surface area contributed by atoms with E-state index in [1.54, 1.807) is 0 Å². The average molecular weight is 1680 g/mol. The summed E-state index contributed by atoms with van der Waals surface area (Å²) in [6.07, 6.45) is 117. The quantitative estimate of drug-likeness (QED) is 0.0146. The molecule has 0 saturated heterocycles. The number of esters is 3. The molecule has 0 aliphatic rings. The molecule has 5 unspecified atom stereocenters. The fourth-order valence-electron chi connectivity index (χ4n) is 12.4. The first kappa shape index (κ1) is 112. The molecule has 0 aromatic rings. The number of phosphoric ester groups is 2. The molecule has 0 saturated carbocycles. The Kier molecular flexibility index (Phi) is 86.2. The third-order valence-corrected chi connectivity index (χ3v) is 21.3. The summed E-state index contributed by atoms with van der Waals surface area (Å²) < 4.78 is 61.5. The Labute approximate surface area is 713 Å². The summed E-state index contributed by atoms with van der Waals surface area (Å²) in [4.78, 5) is 59.1. The second kappa shape index (κ2) is 90.2. The molecule has 0 fully saturated rings. The average Bonchev–Trinajstić information content (AvgIpc) is 0.900. The first-order chi connectivity index (χ1) is 57.2. The number of carbonyl (C=O) groups excluding carboxylic acids is 3. The van der Waals surface area contributed by atoms with Gasteiger partial charge >= 0.3 is 33.6 Å². The van der Waals surface area contributed by atoms with Crippen LogP contribution in [0, 0.1) is 0 Å². The molecule has 0 aromatic carbocycles. The number of aliphatic hydroxyl groups is 2. The van der Waals surface area contributed by atoms with E-state index in [-0.39, 0.29) is 19.3 Å². The Bertz CT molecular complexity index is 2810. The third-order valence-electron chi connectivity index (χ3n) is 19.4. The van der Waals surface area contributed by atoms with Crippen LogP contribution in [-0.2, 0) is 55.8 Å². The first-order valence-electron chi connectivity index (χ1n) is 46.4. The Morgan fingerprint density at radius 1 is 0.248 bits per heavy atom. The molecule has 0 rings (SSSR count). The van der Waals surface area contributed by atoms with Gasteiger partial charge in [0.2, 0.25) is 0 Å². The fraction of sp³-hybridized carbons (Fsp3) is 0.687. The predicted octanol–water partition coefficient (Wildman–Crippen LogP) is 28.7. The second-order valence-electron chi connectivity index (χ2n) is 30.7. The molecule has 5 atom stereocenters. The van der Waals surface area contributed by atoms with Gasteiger partial charge in [-0.3, -0.25) is 32.5 Å². The fourth-order valence-corrected chi connectivity index (χ4v) is 14.0. The second-order valence-corrected chi connectivity index (χ2v) is 33.6. The van der Waals surface area contributed by atoms with Gasteiger partial charge in [0.25, 0.3) is 0 Å². The standard InChI is InChI=1S/C99H168O16P2/c1-4-7-10-13-16-19-22-25-28-31-34-37-40-43-46-49-52-55-58-61-64-67-70-73-76-79-82-85-97(102)109-88-94(100)89-111-116(105,106)112-90-95(101)91-113-117(107,108)114-93-96(115-99(104)87-84-81-78-75-72-69-66-63-60-57-54-51-48-45-42-39-36-33-30-27-24-21-18-15-12-9-6-3)92-110-98(103)86-83-80-77-74-71-68-65-62-59-56-53-50-47-44-41-38-35-32-29-26-23-20-17-14-11-8-5-2/h7-8,10-11,16-21,25-30,34-39,43-48,94-96,100-101H,4-6,9,12-15,22-24,31-33,40-42,49-93H2,1-3H3,(H,105,106)(H,107,108)/b10-7-,11-8-,19-16-,20-17-,21-18-,28-25-,29-26-,30-27-,37-34-,38-35-,39-36-,46-43-,47-44-,48-45-. The minimum absolute atomic E-state index is 0.0959. The molecule has 670 valence electrons. The molecule has 0 aliphatic heterocycles. The summed E-state index contributed by atoms with van der Waals surface area (Å²) in [5, 5.41) is 20.7. The molecule has 0 bridgehead atoms. The van der Waals surface area contributed by atoms with E-state index in [1.165, 1.54) is 148 Å². The number of rotatable bonds is 87. The monoisotopic (exact) mass is 1680 g/mol. The highest BCUT2D eigenvalue weighted by atomic mass is 31.2. The number of aliphatic hydroxyl groups excluding tert-OH is 2. The van der Waals surface area contributed by atoms with Gasteiger partial charge in [-0.1, -0.05) is 377 Å². The molecular weight excluding hydrogens is 1510 g/mol. The van der Waals surface area contributed by atoms with Crippen molar-refractivity contribution in [1.82, 2.24) is 0 Å². The Morgan fingerprint density at radius 2 is 0.453 bits per heavy atom. The van der Waals surface area contributed by atoms with Crippen LogP contribution < -0.4 is 0 Å². The highest BCUT2D eigenvalue weighted by molar-refractivity contribution is 7.47. The molecule has 117 heavy (non-hydrogen) atoms. The van der Waals surface area contributed by atoms with E-state index in [4.69, 9.17) is 32.3 Å². The van der Waals surface area contributed by atoms with Crippen molar-refractivity contribution in [1.29, 1.82) is 0 Å². The molecule has 16 nitrogen and oxygen atoms in total. The van der Waals surface area contributed by atoms with Crippen molar-refractivity contribution >= 4 is 33.6 Å². The lowest BCUT2D eigenvalue weighted by Crippen LogP contribution is -2.30. The van der Waals surface area contributed by atoms with Gasteiger partial charge in [0.05, 0.1) is 26.4 Å². The van der Waals surface area contributed by atoms with E-state index >= 15 is 0 Å². The normalized spacial score (nSPS) is 14.6. The van der Waals surface area contributed by atoms with Gasteiger partial charge < -0.3 is 34.2 Å². The molecule has 18 heteroatoms. The summed E-state index contributed by atoms with van der Waals surface area (Å²) in [7, 11) is -9.82. The zero-order chi connectivity index (χ0) is 85.1. The Balaban J connectivity index is 4.68. The third kappa shape index (κ3) is 91.5. The number of carbonyl (C=O) groups is 3. The van der Waals surface area contributed by atoms with E-state index in [2.05, 4.69) is 191 Å². The predicted molar refractivity (Wildman–Crippen MR) is 491 cm³/mol. The molecule has 4 N–H and O–H groups in total. The number of hydrogen-bond acceptors (Lipinski definition) is 14.